The molecule has 1 aliphatic rings. The van der Waals surface area contributed by atoms with E-state index >= 15 is 0 Å². The zero-order chi connectivity index (χ0) is 14.9. The summed E-state index contributed by atoms with van der Waals surface area (Å²) in [5.41, 5.74) is 4.73. The van der Waals surface area contributed by atoms with E-state index in [0.29, 0.717) is 6.42 Å². The van der Waals surface area contributed by atoms with Crippen LogP contribution in [0.4, 0.5) is 0 Å². The van der Waals surface area contributed by atoms with E-state index in [1.165, 1.54) is 0 Å². The van der Waals surface area contributed by atoms with Gasteiger partial charge in [-0.25, -0.2) is 4.98 Å². The van der Waals surface area contributed by atoms with Crippen LogP contribution >= 0.6 is 11.3 Å². The number of Topliss-reactive ketones (excluding diaryl/α,β-unsaturated/α-hetero) is 1. The topological polar surface area (TPSA) is 30.0 Å². The molecule has 0 amide bonds. The Labute approximate surface area is 132 Å². The Balaban J connectivity index is 1.65. The van der Waals surface area contributed by atoms with Gasteiger partial charge >= 0.3 is 0 Å². The summed E-state index contributed by atoms with van der Waals surface area (Å²) in [6, 6.07) is 17.9. The first-order valence-electron chi connectivity index (χ1n) is 7.15. The Hall–Kier alpha value is -2.52. The van der Waals surface area contributed by atoms with Crippen LogP contribution in [0.1, 0.15) is 21.6 Å². The lowest BCUT2D eigenvalue weighted by atomic mass is 10.1. The molecule has 1 heterocycles. The van der Waals surface area contributed by atoms with Gasteiger partial charge in [0, 0.05) is 28.5 Å². The second-order valence-electron chi connectivity index (χ2n) is 5.28. The number of aromatic nitrogens is 1. The fraction of sp³-hybridized carbons (Fsp3) is 0.0526. The lowest BCUT2D eigenvalue weighted by Gasteiger charge is -1.94. The highest BCUT2D eigenvalue weighted by molar-refractivity contribution is 7.13. The molecule has 0 radical (unpaired) electrons. The second-order valence-corrected chi connectivity index (χ2v) is 6.13. The monoisotopic (exact) mass is 303 g/mol. The van der Waals surface area contributed by atoms with E-state index in [9.17, 15) is 4.79 Å². The summed E-state index contributed by atoms with van der Waals surface area (Å²) < 4.78 is 0. The van der Waals surface area contributed by atoms with Crippen molar-refractivity contribution in [3.63, 3.8) is 0 Å². The Bertz CT molecular complexity index is 877. The summed E-state index contributed by atoms with van der Waals surface area (Å²) in [6.07, 6.45) is 2.62. The van der Waals surface area contributed by atoms with Gasteiger partial charge in [-0.3, -0.25) is 4.79 Å². The van der Waals surface area contributed by atoms with Crippen molar-refractivity contribution >= 4 is 23.2 Å². The molecule has 0 spiro atoms. The lowest BCUT2D eigenvalue weighted by Crippen LogP contribution is -1.94. The standard InChI is InChI=1S/C19H13NOS/c21-18-15(10-14-8-4-5-9-17(14)18)11-16-12-22-19(20-16)13-6-2-1-3-7-13/h1-9,11-12H,10H2. The van der Waals surface area contributed by atoms with Gasteiger partial charge in [-0.1, -0.05) is 54.6 Å². The molecule has 0 N–H and O–H groups in total. The lowest BCUT2D eigenvalue weighted by molar-refractivity contribution is 0.104. The Morgan fingerprint density at radius 1 is 1.00 bits per heavy atom. The van der Waals surface area contributed by atoms with Crippen LogP contribution in [0.2, 0.25) is 0 Å². The van der Waals surface area contributed by atoms with Crippen LogP contribution in [-0.4, -0.2) is 10.8 Å². The summed E-state index contributed by atoms with van der Waals surface area (Å²) in [4.78, 5) is 17.0. The number of hydrogen-bond acceptors (Lipinski definition) is 3. The van der Waals surface area contributed by atoms with Crippen molar-refractivity contribution in [2.75, 3.05) is 0 Å². The quantitative estimate of drug-likeness (QED) is 0.646. The molecule has 0 unspecified atom stereocenters. The summed E-state index contributed by atoms with van der Waals surface area (Å²) in [5, 5.41) is 2.99. The number of carbonyl (C=O) groups excluding carboxylic acids is 1. The van der Waals surface area contributed by atoms with E-state index in [1.54, 1.807) is 11.3 Å². The average Bonchev–Trinajstić information content (AvgIpc) is 3.15. The van der Waals surface area contributed by atoms with E-state index in [0.717, 1.165) is 33.0 Å². The van der Waals surface area contributed by atoms with Crippen molar-refractivity contribution in [1.29, 1.82) is 0 Å². The number of fused-ring (bicyclic) bond motifs is 1. The highest BCUT2D eigenvalue weighted by atomic mass is 32.1. The molecule has 0 saturated heterocycles. The molecule has 4 rings (SSSR count). The van der Waals surface area contributed by atoms with Gasteiger partial charge in [0.25, 0.3) is 0 Å². The predicted octanol–water partition coefficient (Wildman–Crippen LogP) is 4.63. The van der Waals surface area contributed by atoms with Crippen molar-refractivity contribution in [2.24, 2.45) is 0 Å². The highest BCUT2D eigenvalue weighted by Gasteiger charge is 2.24. The van der Waals surface area contributed by atoms with Crippen LogP contribution in [0.5, 0.6) is 0 Å². The van der Waals surface area contributed by atoms with Crippen LogP contribution in [0.3, 0.4) is 0 Å². The van der Waals surface area contributed by atoms with Crippen LogP contribution in [0, 0.1) is 0 Å². The van der Waals surface area contributed by atoms with E-state index in [2.05, 4.69) is 4.98 Å². The minimum Gasteiger partial charge on any atom is -0.289 e. The average molecular weight is 303 g/mol. The molecule has 0 fully saturated rings. The summed E-state index contributed by atoms with van der Waals surface area (Å²) in [5.74, 6) is 0.130. The number of hydrogen-bond donors (Lipinski definition) is 0. The Morgan fingerprint density at radius 2 is 1.77 bits per heavy atom. The van der Waals surface area contributed by atoms with Crippen molar-refractivity contribution in [2.45, 2.75) is 6.42 Å². The van der Waals surface area contributed by atoms with Gasteiger partial charge in [0.15, 0.2) is 5.78 Å². The smallest absolute Gasteiger partial charge is 0.189 e. The van der Waals surface area contributed by atoms with Gasteiger partial charge in [0.05, 0.1) is 5.69 Å². The first-order chi connectivity index (χ1) is 10.8. The first-order valence-corrected chi connectivity index (χ1v) is 8.03. The van der Waals surface area contributed by atoms with Gasteiger partial charge in [0.2, 0.25) is 0 Å². The minimum absolute atomic E-state index is 0.130. The number of carbonyl (C=O) groups is 1. The van der Waals surface area contributed by atoms with E-state index in [-0.39, 0.29) is 5.78 Å². The van der Waals surface area contributed by atoms with Crippen molar-refractivity contribution in [1.82, 2.24) is 4.98 Å². The SMILES string of the molecule is O=C1C(=Cc2csc(-c3ccccc3)n2)Cc2ccccc21. The Kier molecular flexibility index (Phi) is 3.20. The van der Waals surface area contributed by atoms with E-state index in [1.807, 2.05) is 66.1 Å². The molecule has 0 atom stereocenters. The van der Waals surface area contributed by atoms with Gasteiger partial charge in [-0.2, -0.15) is 0 Å². The van der Waals surface area contributed by atoms with Gasteiger partial charge in [-0.15, -0.1) is 11.3 Å². The highest BCUT2D eigenvalue weighted by Crippen LogP contribution is 2.29. The number of rotatable bonds is 2. The zero-order valence-electron chi connectivity index (χ0n) is 11.8. The third kappa shape index (κ3) is 2.30. The molecule has 3 heteroatoms. The van der Waals surface area contributed by atoms with Gasteiger partial charge in [-0.05, 0) is 11.6 Å². The maximum absolute atomic E-state index is 12.4. The van der Waals surface area contributed by atoms with Crippen molar-refractivity contribution in [3.8, 4) is 10.6 Å². The van der Waals surface area contributed by atoms with Crippen LogP contribution in [0.15, 0.2) is 65.6 Å². The molecule has 22 heavy (non-hydrogen) atoms. The molecule has 0 bridgehead atoms. The maximum Gasteiger partial charge on any atom is 0.189 e. The summed E-state index contributed by atoms with van der Waals surface area (Å²) >= 11 is 1.60. The largest absolute Gasteiger partial charge is 0.289 e. The Morgan fingerprint density at radius 3 is 2.59 bits per heavy atom. The summed E-state index contributed by atoms with van der Waals surface area (Å²) in [6.45, 7) is 0. The summed E-state index contributed by atoms with van der Waals surface area (Å²) in [7, 11) is 0. The molecule has 1 aromatic heterocycles. The van der Waals surface area contributed by atoms with Crippen LogP contribution < -0.4 is 0 Å². The second kappa shape index (κ2) is 5.35. The molecule has 2 aromatic carbocycles. The number of nitrogens with zero attached hydrogens (tertiary/aromatic N) is 1. The third-order valence-electron chi connectivity index (χ3n) is 3.80. The maximum atomic E-state index is 12.4. The molecular formula is C19H13NOS. The molecule has 0 aliphatic heterocycles. The molecular weight excluding hydrogens is 290 g/mol. The predicted molar refractivity (Wildman–Crippen MR) is 90.0 cm³/mol. The minimum atomic E-state index is 0.130. The molecule has 0 saturated carbocycles. The number of ketones is 1. The molecule has 106 valence electrons. The van der Waals surface area contributed by atoms with Crippen molar-refractivity contribution < 1.29 is 4.79 Å². The van der Waals surface area contributed by atoms with Crippen LogP contribution in [-0.2, 0) is 6.42 Å². The van der Waals surface area contributed by atoms with Gasteiger partial charge < -0.3 is 0 Å². The molecule has 2 nitrogen and oxygen atoms in total. The fourth-order valence-corrected chi connectivity index (χ4v) is 3.50. The number of thiazole rings is 1. The fourth-order valence-electron chi connectivity index (χ4n) is 2.72. The normalized spacial score (nSPS) is 15.3. The van der Waals surface area contributed by atoms with Crippen LogP contribution in [0.25, 0.3) is 16.6 Å². The van der Waals surface area contributed by atoms with E-state index < -0.39 is 0 Å². The third-order valence-corrected chi connectivity index (χ3v) is 4.71. The number of benzene rings is 2. The zero-order valence-corrected chi connectivity index (χ0v) is 12.6. The first kappa shape index (κ1) is 13.2. The van der Waals surface area contributed by atoms with Gasteiger partial charge in [0.1, 0.15) is 5.01 Å². The van der Waals surface area contributed by atoms with Crippen molar-refractivity contribution in [3.05, 3.63) is 82.4 Å². The molecule has 3 aromatic rings. The molecule has 1 aliphatic carbocycles. The van der Waals surface area contributed by atoms with E-state index in [4.69, 9.17) is 0 Å². The number of allylic oxidation sites excluding steroid dienone is 1.